The number of carbonyl (C=O) groups excluding carboxylic acids is 1. The molecule has 1 aromatic rings. The Balaban J connectivity index is 2.25. The standard InChI is InChI=1S/C17H19IN2O3/c1-22-15-9-11(8-14(18)16(15)23-2)7-12(10-19)17(21)20-13-5-3-4-6-13/h7-9,13H,3-6H2,1-2H3,(H,20,21)/b12-7-. The maximum absolute atomic E-state index is 12.2. The third-order valence-corrected chi connectivity index (χ3v) is 4.62. The summed E-state index contributed by atoms with van der Waals surface area (Å²) in [7, 11) is 3.13. The fraction of sp³-hybridized carbons (Fsp3) is 0.412. The number of amides is 1. The van der Waals surface area contributed by atoms with Crippen LogP contribution in [0.3, 0.4) is 0 Å². The summed E-state index contributed by atoms with van der Waals surface area (Å²) < 4.78 is 11.4. The van der Waals surface area contributed by atoms with E-state index in [0.29, 0.717) is 11.5 Å². The van der Waals surface area contributed by atoms with Gasteiger partial charge in [-0.2, -0.15) is 5.26 Å². The number of hydrogen-bond donors (Lipinski definition) is 1. The maximum Gasteiger partial charge on any atom is 0.262 e. The SMILES string of the molecule is COc1cc(/C=C(/C#N)C(=O)NC2CCCC2)cc(I)c1OC. The highest BCUT2D eigenvalue weighted by Gasteiger charge is 2.19. The summed E-state index contributed by atoms with van der Waals surface area (Å²) in [6.45, 7) is 0. The normalized spacial score (nSPS) is 15.1. The third kappa shape index (κ3) is 4.38. The Morgan fingerprint density at radius 3 is 2.61 bits per heavy atom. The van der Waals surface area contributed by atoms with Gasteiger partial charge in [0.1, 0.15) is 11.6 Å². The van der Waals surface area contributed by atoms with Crippen molar-refractivity contribution in [2.24, 2.45) is 0 Å². The van der Waals surface area contributed by atoms with Gasteiger partial charge in [-0.3, -0.25) is 4.79 Å². The van der Waals surface area contributed by atoms with Crippen LogP contribution in [-0.4, -0.2) is 26.2 Å². The summed E-state index contributed by atoms with van der Waals surface area (Å²) in [4.78, 5) is 12.2. The van der Waals surface area contributed by atoms with Gasteiger partial charge in [0.2, 0.25) is 0 Å². The first-order chi connectivity index (χ1) is 11.1. The zero-order chi connectivity index (χ0) is 16.8. The second-order valence-electron chi connectivity index (χ2n) is 5.36. The van der Waals surface area contributed by atoms with Gasteiger partial charge in [-0.05, 0) is 59.2 Å². The van der Waals surface area contributed by atoms with Crippen LogP contribution in [0.2, 0.25) is 0 Å². The Labute approximate surface area is 149 Å². The molecule has 0 unspecified atom stereocenters. The first-order valence-corrected chi connectivity index (χ1v) is 8.51. The zero-order valence-corrected chi connectivity index (χ0v) is 15.3. The molecule has 0 heterocycles. The molecule has 0 spiro atoms. The van der Waals surface area contributed by atoms with Crippen molar-refractivity contribution in [1.29, 1.82) is 5.26 Å². The molecule has 1 aliphatic rings. The van der Waals surface area contributed by atoms with Crippen molar-refractivity contribution in [3.05, 3.63) is 26.8 Å². The van der Waals surface area contributed by atoms with Crippen molar-refractivity contribution in [2.75, 3.05) is 14.2 Å². The molecule has 0 aliphatic heterocycles. The van der Waals surface area contributed by atoms with E-state index in [9.17, 15) is 10.1 Å². The van der Waals surface area contributed by atoms with Gasteiger partial charge in [0.25, 0.3) is 5.91 Å². The van der Waals surface area contributed by atoms with E-state index in [1.54, 1.807) is 26.4 Å². The van der Waals surface area contributed by atoms with E-state index in [-0.39, 0.29) is 17.5 Å². The molecule has 0 saturated heterocycles. The lowest BCUT2D eigenvalue weighted by molar-refractivity contribution is -0.117. The minimum atomic E-state index is -0.316. The predicted octanol–water partition coefficient (Wildman–Crippen LogP) is 3.27. The van der Waals surface area contributed by atoms with Crippen molar-refractivity contribution in [3.8, 4) is 17.6 Å². The number of nitrogens with one attached hydrogen (secondary N) is 1. The van der Waals surface area contributed by atoms with Crippen LogP contribution in [0.25, 0.3) is 6.08 Å². The number of halogens is 1. The number of carbonyl (C=O) groups is 1. The second-order valence-corrected chi connectivity index (χ2v) is 6.53. The lowest BCUT2D eigenvalue weighted by Crippen LogP contribution is -2.33. The second kappa shape index (κ2) is 8.20. The van der Waals surface area contributed by atoms with Crippen LogP contribution in [0.4, 0.5) is 0 Å². The molecule has 23 heavy (non-hydrogen) atoms. The van der Waals surface area contributed by atoms with Gasteiger partial charge in [0, 0.05) is 6.04 Å². The van der Waals surface area contributed by atoms with E-state index in [0.717, 1.165) is 34.8 Å². The molecular formula is C17H19IN2O3. The Morgan fingerprint density at radius 1 is 1.35 bits per heavy atom. The van der Waals surface area contributed by atoms with E-state index in [1.165, 1.54) is 0 Å². The van der Waals surface area contributed by atoms with Gasteiger partial charge in [-0.15, -0.1) is 0 Å². The number of ether oxygens (including phenoxy) is 2. The fourth-order valence-electron chi connectivity index (χ4n) is 2.67. The average molecular weight is 426 g/mol. The molecule has 1 fully saturated rings. The van der Waals surface area contributed by atoms with Crippen LogP contribution in [-0.2, 0) is 4.79 Å². The molecule has 6 heteroatoms. The van der Waals surface area contributed by atoms with Crippen molar-refractivity contribution in [2.45, 2.75) is 31.7 Å². The number of methoxy groups -OCH3 is 2. The van der Waals surface area contributed by atoms with Crippen molar-refractivity contribution in [3.63, 3.8) is 0 Å². The highest BCUT2D eigenvalue weighted by molar-refractivity contribution is 14.1. The van der Waals surface area contributed by atoms with Crippen LogP contribution < -0.4 is 14.8 Å². The van der Waals surface area contributed by atoms with E-state index >= 15 is 0 Å². The number of benzene rings is 1. The first-order valence-electron chi connectivity index (χ1n) is 7.43. The minimum Gasteiger partial charge on any atom is -0.493 e. The number of rotatable bonds is 5. The lowest BCUT2D eigenvalue weighted by atomic mass is 10.1. The van der Waals surface area contributed by atoms with Gasteiger partial charge in [-0.1, -0.05) is 12.8 Å². The summed E-state index contributed by atoms with van der Waals surface area (Å²) in [6.07, 6.45) is 5.81. The lowest BCUT2D eigenvalue weighted by Gasteiger charge is -2.12. The van der Waals surface area contributed by atoms with Gasteiger partial charge >= 0.3 is 0 Å². The molecular weight excluding hydrogens is 407 g/mol. The van der Waals surface area contributed by atoms with E-state index in [4.69, 9.17) is 9.47 Å². The molecule has 1 aliphatic carbocycles. The van der Waals surface area contributed by atoms with Crippen LogP contribution in [0.1, 0.15) is 31.2 Å². The fourth-order valence-corrected chi connectivity index (χ4v) is 3.52. The van der Waals surface area contributed by atoms with Crippen LogP contribution in [0, 0.1) is 14.9 Å². The number of nitrogens with zero attached hydrogens (tertiary/aromatic N) is 1. The maximum atomic E-state index is 12.2. The molecule has 122 valence electrons. The van der Waals surface area contributed by atoms with Crippen molar-refractivity contribution < 1.29 is 14.3 Å². The van der Waals surface area contributed by atoms with E-state index in [2.05, 4.69) is 27.9 Å². The molecule has 0 radical (unpaired) electrons. The van der Waals surface area contributed by atoms with Crippen molar-refractivity contribution in [1.82, 2.24) is 5.32 Å². The largest absolute Gasteiger partial charge is 0.493 e. The van der Waals surface area contributed by atoms with Crippen LogP contribution >= 0.6 is 22.6 Å². The smallest absolute Gasteiger partial charge is 0.262 e. The van der Waals surface area contributed by atoms with Crippen LogP contribution in [0.15, 0.2) is 17.7 Å². The van der Waals surface area contributed by atoms with Crippen LogP contribution in [0.5, 0.6) is 11.5 Å². The predicted molar refractivity (Wildman–Crippen MR) is 96.3 cm³/mol. The quantitative estimate of drug-likeness (QED) is 0.446. The summed E-state index contributed by atoms with van der Waals surface area (Å²) in [5.74, 6) is 0.891. The molecule has 5 nitrogen and oxygen atoms in total. The summed E-state index contributed by atoms with van der Waals surface area (Å²) in [6, 6.07) is 5.77. The molecule has 1 aromatic carbocycles. The Hall–Kier alpha value is -1.75. The molecule has 1 amide bonds. The van der Waals surface area contributed by atoms with Gasteiger partial charge in [-0.25, -0.2) is 0 Å². The minimum absolute atomic E-state index is 0.0971. The topological polar surface area (TPSA) is 71.3 Å². The van der Waals surface area contributed by atoms with Gasteiger partial charge in [0.05, 0.1) is 17.8 Å². The highest BCUT2D eigenvalue weighted by Crippen LogP contribution is 2.34. The molecule has 0 bridgehead atoms. The zero-order valence-electron chi connectivity index (χ0n) is 13.2. The number of hydrogen-bond acceptors (Lipinski definition) is 4. The number of nitriles is 1. The average Bonchev–Trinajstić information content (AvgIpc) is 3.04. The molecule has 2 rings (SSSR count). The first kappa shape index (κ1) is 17.6. The molecule has 1 N–H and O–H groups in total. The molecule has 0 aromatic heterocycles. The van der Waals surface area contributed by atoms with Gasteiger partial charge < -0.3 is 14.8 Å². The Kier molecular flexibility index (Phi) is 6.28. The van der Waals surface area contributed by atoms with E-state index in [1.807, 2.05) is 12.1 Å². The van der Waals surface area contributed by atoms with Crippen molar-refractivity contribution >= 4 is 34.6 Å². The highest BCUT2D eigenvalue weighted by atomic mass is 127. The third-order valence-electron chi connectivity index (χ3n) is 3.82. The summed E-state index contributed by atoms with van der Waals surface area (Å²) >= 11 is 2.13. The monoisotopic (exact) mass is 426 g/mol. The van der Waals surface area contributed by atoms with Gasteiger partial charge in [0.15, 0.2) is 11.5 Å². The summed E-state index contributed by atoms with van der Waals surface area (Å²) in [5, 5.41) is 12.2. The van der Waals surface area contributed by atoms with E-state index < -0.39 is 0 Å². The Bertz CT molecular complexity index is 659. The molecule has 1 saturated carbocycles. The summed E-state index contributed by atoms with van der Waals surface area (Å²) in [5.41, 5.74) is 0.824. The molecule has 0 atom stereocenters. The Morgan fingerprint density at radius 2 is 2.04 bits per heavy atom.